The van der Waals surface area contributed by atoms with Crippen molar-refractivity contribution >= 4 is 17.4 Å². The Morgan fingerprint density at radius 1 is 1.07 bits per heavy atom. The molecule has 6 heteroatoms. The Morgan fingerprint density at radius 3 is 2.48 bits per heavy atom. The van der Waals surface area contributed by atoms with Crippen molar-refractivity contribution in [2.24, 2.45) is 0 Å². The van der Waals surface area contributed by atoms with E-state index in [9.17, 15) is 14.7 Å². The number of rotatable bonds is 6. The molecule has 27 heavy (non-hydrogen) atoms. The number of Topliss-reactive ketones (excluding diaryl/α,β-unsaturated/α-hetero) is 1. The predicted molar refractivity (Wildman–Crippen MR) is 100 cm³/mol. The lowest BCUT2D eigenvalue weighted by Gasteiger charge is -2.25. The lowest BCUT2D eigenvalue weighted by Crippen LogP contribution is -2.32. The number of methoxy groups -OCH3 is 2. The summed E-state index contributed by atoms with van der Waals surface area (Å²) in [6, 6.07) is 15.1. The van der Waals surface area contributed by atoms with Crippen LogP contribution in [0.4, 0.5) is 0 Å². The van der Waals surface area contributed by atoms with Crippen molar-refractivity contribution in [1.82, 2.24) is 4.90 Å². The first-order valence-corrected chi connectivity index (χ1v) is 8.55. The molecule has 1 atom stereocenters. The highest BCUT2D eigenvalue weighted by Gasteiger charge is 2.45. The van der Waals surface area contributed by atoms with Crippen molar-refractivity contribution in [2.45, 2.75) is 6.04 Å². The fraction of sp³-hybridized carbons (Fsp3) is 0.238. The van der Waals surface area contributed by atoms with Crippen molar-refractivity contribution in [1.29, 1.82) is 0 Å². The van der Waals surface area contributed by atoms with Crippen LogP contribution in [0.2, 0.25) is 0 Å². The van der Waals surface area contributed by atoms with E-state index in [0.29, 0.717) is 16.9 Å². The number of aliphatic hydroxyl groups is 1. The monoisotopic (exact) mass is 367 g/mol. The minimum atomic E-state index is -0.713. The molecule has 1 aliphatic rings. The average Bonchev–Trinajstić information content (AvgIpc) is 2.97. The maximum Gasteiger partial charge on any atom is 0.295 e. The van der Waals surface area contributed by atoms with Crippen LogP contribution in [-0.4, -0.2) is 49.1 Å². The Kier molecular flexibility index (Phi) is 5.57. The number of ether oxygens (including phenoxy) is 2. The smallest absolute Gasteiger partial charge is 0.295 e. The molecular weight excluding hydrogens is 346 g/mol. The van der Waals surface area contributed by atoms with Gasteiger partial charge in [0.05, 0.1) is 25.3 Å². The van der Waals surface area contributed by atoms with Gasteiger partial charge in [0.2, 0.25) is 0 Å². The zero-order valence-corrected chi connectivity index (χ0v) is 15.2. The van der Waals surface area contributed by atoms with Gasteiger partial charge in [-0.05, 0) is 17.7 Å². The van der Waals surface area contributed by atoms with Crippen molar-refractivity contribution < 1.29 is 24.2 Å². The number of aliphatic hydroxyl groups excluding tert-OH is 1. The molecule has 2 aromatic carbocycles. The van der Waals surface area contributed by atoms with E-state index >= 15 is 0 Å². The molecule has 0 radical (unpaired) electrons. The first-order chi connectivity index (χ1) is 13.1. The molecule has 3 rings (SSSR count). The van der Waals surface area contributed by atoms with Gasteiger partial charge < -0.3 is 19.5 Å². The minimum absolute atomic E-state index is 0.0653. The standard InChI is InChI=1S/C21H21NO5/c1-26-12-11-22-18(15-9-6-10-16(13-15)27-2)17(20(24)21(22)25)19(23)14-7-4-3-5-8-14/h3-10,13,18,23H,11-12H2,1-2H3/b19-17+. The van der Waals surface area contributed by atoms with Crippen molar-refractivity contribution in [3.63, 3.8) is 0 Å². The molecule has 1 unspecified atom stereocenters. The van der Waals surface area contributed by atoms with Crippen molar-refractivity contribution in [3.8, 4) is 5.75 Å². The van der Waals surface area contributed by atoms with E-state index in [1.807, 2.05) is 6.07 Å². The van der Waals surface area contributed by atoms with E-state index in [1.54, 1.807) is 55.6 Å². The van der Waals surface area contributed by atoms with Gasteiger partial charge in [-0.25, -0.2) is 0 Å². The summed E-state index contributed by atoms with van der Waals surface area (Å²) < 4.78 is 10.4. The number of hydrogen-bond acceptors (Lipinski definition) is 5. The summed E-state index contributed by atoms with van der Waals surface area (Å²) in [4.78, 5) is 26.8. The second-order valence-corrected chi connectivity index (χ2v) is 6.13. The minimum Gasteiger partial charge on any atom is -0.507 e. The van der Waals surface area contributed by atoms with Crippen LogP contribution in [0.25, 0.3) is 5.76 Å². The van der Waals surface area contributed by atoms with E-state index in [0.717, 1.165) is 0 Å². The molecule has 6 nitrogen and oxygen atoms in total. The number of amides is 1. The third-order valence-electron chi connectivity index (χ3n) is 4.53. The van der Waals surface area contributed by atoms with E-state index in [-0.39, 0.29) is 24.5 Å². The van der Waals surface area contributed by atoms with Gasteiger partial charge in [0.15, 0.2) is 0 Å². The topological polar surface area (TPSA) is 76.1 Å². The van der Waals surface area contributed by atoms with E-state index in [1.165, 1.54) is 12.0 Å². The van der Waals surface area contributed by atoms with Crippen LogP contribution in [-0.2, 0) is 14.3 Å². The second-order valence-electron chi connectivity index (χ2n) is 6.13. The Morgan fingerprint density at radius 2 is 1.81 bits per heavy atom. The SMILES string of the molecule is COCCN1C(=O)C(=O)/C(=C(/O)c2ccccc2)C1c1cccc(OC)c1. The highest BCUT2D eigenvalue weighted by molar-refractivity contribution is 6.46. The Balaban J connectivity index is 2.16. The molecule has 0 spiro atoms. The van der Waals surface area contributed by atoms with Gasteiger partial charge in [0.25, 0.3) is 11.7 Å². The van der Waals surface area contributed by atoms with Crippen LogP contribution in [0.1, 0.15) is 17.2 Å². The lowest BCUT2D eigenvalue weighted by atomic mass is 9.95. The van der Waals surface area contributed by atoms with E-state index < -0.39 is 17.7 Å². The fourth-order valence-electron chi connectivity index (χ4n) is 3.21. The number of benzene rings is 2. The third-order valence-corrected chi connectivity index (χ3v) is 4.53. The molecule has 2 aromatic rings. The number of carbonyl (C=O) groups excluding carboxylic acids is 2. The van der Waals surface area contributed by atoms with Gasteiger partial charge >= 0.3 is 0 Å². The summed E-state index contributed by atoms with van der Waals surface area (Å²) in [5.41, 5.74) is 1.23. The van der Waals surface area contributed by atoms with Gasteiger partial charge in [0, 0.05) is 19.2 Å². The summed E-state index contributed by atoms with van der Waals surface area (Å²) in [5.74, 6) is -0.955. The summed E-state index contributed by atoms with van der Waals surface area (Å²) in [5, 5.41) is 10.8. The summed E-state index contributed by atoms with van der Waals surface area (Å²) in [6.07, 6.45) is 0. The van der Waals surface area contributed by atoms with Gasteiger partial charge in [-0.15, -0.1) is 0 Å². The van der Waals surface area contributed by atoms with Crippen LogP contribution in [0.5, 0.6) is 5.75 Å². The Hall–Kier alpha value is -3.12. The summed E-state index contributed by atoms with van der Waals surface area (Å²) in [7, 11) is 3.08. The largest absolute Gasteiger partial charge is 0.507 e. The number of ketones is 1. The molecule has 140 valence electrons. The van der Waals surface area contributed by atoms with Gasteiger partial charge in [-0.1, -0.05) is 42.5 Å². The van der Waals surface area contributed by atoms with Crippen LogP contribution < -0.4 is 4.74 Å². The first-order valence-electron chi connectivity index (χ1n) is 8.55. The van der Waals surface area contributed by atoms with Crippen LogP contribution in [0, 0.1) is 0 Å². The van der Waals surface area contributed by atoms with Crippen LogP contribution in [0.15, 0.2) is 60.2 Å². The normalized spacial score (nSPS) is 18.7. The molecular formula is C21H21NO5. The molecule has 0 saturated carbocycles. The zero-order valence-electron chi connectivity index (χ0n) is 15.2. The zero-order chi connectivity index (χ0) is 19.4. The highest BCUT2D eigenvalue weighted by atomic mass is 16.5. The number of hydrogen-bond donors (Lipinski definition) is 1. The van der Waals surface area contributed by atoms with Gasteiger partial charge in [-0.3, -0.25) is 9.59 Å². The molecule has 1 aliphatic heterocycles. The third kappa shape index (κ3) is 3.57. The van der Waals surface area contributed by atoms with E-state index in [4.69, 9.17) is 9.47 Å². The second kappa shape index (κ2) is 8.05. The maximum atomic E-state index is 12.8. The Bertz CT molecular complexity index is 875. The van der Waals surface area contributed by atoms with Gasteiger partial charge in [-0.2, -0.15) is 0 Å². The van der Waals surface area contributed by atoms with Crippen molar-refractivity contribution in [3.05, 3.63) is 71.3 Å². The number of nitrogens with zero attached hydrogens (tertiary/aromatic N) is 1. The van der Waals surface area contributed by atoms with E-state index in [2.05, 4.69) is 0 Å². The van der Waals surface area contributed by atoms with Gasteiger partial charge in [0.1, 0.15) is 11.5 Å². The fourth-order valence-corrected chi connectivity index (χ4v) is 3.21. The summed E-state index contributed by atoms with van der Waals surface area (Å²) >= 11 is 0. The van der Waals surface area contributed by atoms with Crippen molar-refractivity contribution in [2.75, 3.05) is 27.4 Å². The molecule has 1 N–H and O–H groups in total. The quantitative estimate of drug-likeness (QED) is 0.483. The summed E-state index contributed by atoms with van der Waals surface area (Å²) in [6.45, 7) is 0.507. The molecule has 1 fully saturated rings. The molecule has 1 saturated heterocycles. The van der Waals surface area contributed by atoms with Crippen LogP contribution >= 0.6 is 0 Å². The molecule has 0 aromatic heterocycles. The number of carbonyl (C=O) groups is 2. The maximum absolute atomic E-state index is 12.8. The average molecular weight is 367 g/mol. The molecule has 1 heterocycles. The molecule has 0 aliphatic carbocycles. The lowest BCUT2D eigenvalue weighted by molar-refractivity contribution is -0.140. The Labute approximate surface area is 157 Å². The predicted octanol–water partition coefficient (Wildman–Crippen LogP) is 2.76. The first kappa shape index (κ1) is 18.7. The highest BCUT2D eigenvalue weighted by Crippen LogP contribution is 2.39. The molecule has 1 amide bonds. The van der Waals surface area contributed by atoms with Crippen LogP contribution in [0.3, 0.4) is 0 Å². The molecule has 0 bridgehead atoms. The number of likely N-dealkylation sites (tertiary alicyclic amines) is 1.